The Balaban J connectivity index is 1.07. The Morgan fingerprint density at radius 1 is 0.212 bits per heavy atom. The highest BCUT2D eigenvalue weighted by Crippen LogP contribution is 2.54. The van der Waals surface area contributed by atoms with E-state index in [1.807, 2.05) is 158 Å². The Labute approximate surface area is 464 Å². The number of hydrogen-bond donors (Lipinski definition) is 0. The SMILES string of the molecule is Fc1cc(-c2ccccc2)cc(-c2ccccc2)c1N(c1ccccc1-c1ccccc1)c1ccc2ccc3c(N(c4ccccc4-c4ccccc4)c4c(F)cc(-c5ccccc5)cc4-c4ccccc4)ccc4ccc1c2c43. The Morgan fingerprint density at radius 2 is 0.500 bits per heavy atom. The van der Waals surface area contributed by atoms with E-state index in [0.29, 0.717) is 11.4 Å². The lowest BCUT2D eigenvalue weighted by molar-refractivity contribution is 0.629. The molecule has 0 N–H and O–H groups in total. The van der Waals surface area contributed by atoms with Crippen LogP contribution in [0.1, 0.15) is 0 Å². The second-order valence-corrected chi connectivity index (χ2v) is 20.2. The van der Waals surface area contributed by atoms with Crippen LogP contribution in [0.2, 0.25) is 0 Å². The minimum Gasteiger partial charge on any atom is -0.306 e. The molecule has 0 heterocycles. The lowest BCUT2D eigenvalue weighted by Crippen LogP contribution is -2.15. The molecule has 0 fully saturated rings. The van der Waals surface area contributed by atoms with Gasteiger partial charge < -0.3 is 9.80 Å². The fraction of sp³-hybridized carbons (Fsp3) is 0. The van der Waals surface area contributed by atoms with Crippen molar-refractivity contribution in [2.75, 3.05) is 9.80 Å². The van der Waals surface area contributed by atoms with Gasteiger partial charge in [0.25, 0.3) is 0 Å². The maximum atomic E-state index is 18.3. The molecular formula is C76H50F2N2. The number of halogens is 2. The van der Waals surface area contributed by atoms with Crippen molar-refractivity contribution in [1.82, 2.24) is 0 Å². The van der Waals surface area contributed by atoms with E-state index < -0.39 is 0 Å². The van der Waals surface area contributed by atoms with Gasteiger partial charge in [-0.15, -0.1) is 0 Å². The van der Waals surface area contributed by atoms with Crippen LogP contribution >= 0.6 is 0 Å². The molecule has 0 aliphatic heterocycles. The molecule has 0 radical (unpaired) electrons. The Hall–Kier alpha value is -10.4. The summed E-state index contributed by atoms with van der Waals surface area (Å²) in [6.45, 7) is 0. The van der Waals surface area contributed by atoms with Gasteiger partial charge in [0.1, 0.15) is 11.6 Å². The van der Waals surface area contributed by atoms with Crippen molar-refractivity contribution >= 4 is 66.4 Å². The third kappa shape index (κ3) is 8.51. The molecule has 0 spiro atoms. The van der Waals surface area contributed by atoms with Crippen molar-refractivity contribution in [2.24, 2.45) is 0 Å². The van der Waals surface area contributed by atoms with Crippen molar-refractivity contribution < 1.29 is 8.78 Å². The van der Waals surface area contributed by atoms with Crippen LogP contribution in [0.5, 0.6) is 0 Å². The molecule has 0 saturated carbocycles. The molecule has 0 amide bonds. The molecule has 0 atom stereocenters. The van der Waals surface area contributed by atoms with Crippen molar-refractivity contribution in [3.8, 4) is 66.8 Å². The van der Waals surface area contributed by atoms with Crippen LogP contribution in [0.4, 0.5) is 42.9 Å². The van der Waals surface area contributed by atoms with Crippen LogP contribution in [-0.4, -0.2) is 0 Å². The van der Waals surface area contributed by atoms with E-state index in [9.17, 15) is 0 Å². The Morgan fingerprint density at radius 3 is 0.850 bits per heavy atom. The zero-order valence-corrected chi connectivity index (χ0v) is 43.5. The average Bonchev–Trinajstić information content (AvgIpc) is 3.57. The zero-order chi connectivity index (χ0) is 53.5. The predicted molar refractivity (Wildman–Crippen MR) is 332 cm³/mol. The summed E-state index contributed by atoms with van der Waals surface area (Å²) in [5, 5.41) is 5.96. The number of nitrogens with zero attached hydrogens (tertiary/aromatic N) is 2. The highest BCUT2D eigenvalue weighted by Gasteiger charge is 2.30. The quantitative estimate of drug-likeness (QED) is 0.113. The molecular weight excluding hydrogens is 979 g/mol. The molecule has 0 unspecified atom stereocenters. The molecule has 378 valence electrons. The standard InChI is InChI=1S/C76H50F2N2/c77-67-49-59(51-23-7-1-8-24-51)47-65(55-31-15-5-16-32-55)75(67)79(69-37-21-19-35-61(69)53-27-11-3-12-28-53)71-45-41-57-40-44-64-72(46-42-58-39-43-63(71)73(57)74(58)64)80(70-38-22-20-36-62(70)54-29-13-4-14-30-54)76-66(56-33-17-6-18-34-56)48-60(50-68(76)78)52-25-9-2-10-26-52/h1-50H. The van der Waals surface area contributed by atoms with Crippen LogP contribution in [0.3, 0.4) is 0 Å². The van der Waals surface area contributed by atoms with Gasteiger partial charge in [-0.3, -0.25) is 0 Å². The fourth-order valence-corrected chi connectivity index (χ4v) is 11.9. The van der Waals surface area contributed by atoms with Crippen LogP contribution in [0.25, 0.3) is 99.1 Å². The van der Waals surface area contributed by atoms with Gasteiger partial charge in [-0.05, 0) is 115 Å². The van der Waals surface area contributed by atoms with E-state index in [1.54, 1.807) is 12.1 Å². The lowest BCUT2D eigenvalue weighted by Gasteiger charge is -2.33. The number of hydrogen-bond acceptors (Lipinski definition) is 2. The second-order valence-electron chi connectivity index (χ2n) is 20.2. The van der Waals surface area contributed by atoms with E-state index in [4.69, 9.17) is 0 Å². The van der Waals surface area contributed by atoms with E-state index >= 15 is 8.78 Å². The van der Waals surface area contributed by atoms with Crippen molar-refractivity contribution in [1.29, 1.82) is 0 Å². The van der Waals surface area contributed by atoms with E-state index in [2.05, 4.69) is 143 Å². The molecule has 0 saturated heterocycles. The molecule has 0 aromatic heterocycles. The summed E-state index contributed by atoms with van der Waals surface area (Å²) in [7, 11) is 0. The van der Waals surface area contributed by atoms with Crippen molar-refractivity contribution in [2.45, 2.75) is 0 Å². The van der Waals surface area contributed by atoms with E-state index in [0.717, 1.165) is 122 Å². The van der Waals surface area contributed by atoms with Crippen LogP contribution < -0.4 is 9.80 Å². The summed E-state index contributed by atoms with van der Waals surface area (Å²) >= 11 is 0. The maximum Gasteiger partial charge on any atom is 0.148 e. The van der Waals surface area contributed by atoms with Crippen molar-refractivity contribution in [3.63, 3.8) is 0 Å². The molecule has 0 aliphatic carbocycles. The molecule has 2 nitrogen and oxygen atoms in total. The third-order valence-corrected chi connectivity index (χ3v) is 15.5. The Kier molecular flexibility index (Phi) is 12.3. The summed E-state index contributed by atoms with van der Waals surface area (Å²) in [5.74, 6) is -0.716. The first-order chi connectivity index (χ1) is 39.6. The first-order valence-electron chi connectivity index (χ1n) is 27.0. The van der Waals surface area contributed by atoms with Gasteiger partial charge in [0, 0.05) is 33.0 Å². The van der Waals surface area contributed by atoms with Crippen LogP contribution in [0, 0.1) is 11.6 Å². The van der Waals surface area contributed by atoms with Gasteiger partial charge in [0.2, 0.25) is 0 Å². The molecule has 80 heavy (non-hydrogen) atoms. The molecule has 0 aliphatic rings. The molecule has 14 aromatic rings. The first kappa shape index (κ1) is 48.0. The van der Waals surface area contributed by atoms with Crippen LogP contribution in [-0.2, 0) is 0 Å². The Bertz CT molecular complexity index is 4240. The average molecular weight is 1030 g/mol. The second kappa shape index (κ2) is 20.5. The minimum atomic E-state index is -0.358. The fourth-order valence-electron chi connectivity index (χ4n) is 11.9. The first-order valence-corrected chi connectivity index (χ1v) is 27.0. The zero-order valence-electron chi connectivity index (χ0n) is 43.5. The highest BCUT2D eigenvalue weighted by atomic mass is 19.1. The van der Waals surface area contributed by atoms with Crippen LogP contribution in [0.15, 0.2) is 303 Å². The van der Waals surface area contributed by atoms with E-state index in [-0.39, 0.29) is 11.6 Å². The minimum absolute atomic E-state index is 0.358. The number of benzene rings is 14. The maximum absolute atomic E-state index is 18.3. The van der Waals surface area contributed by atoms with Gasteiger partial charge in [0.15, 0.2) is 0 Å². The highest BCUT2D eigenvalue weighted by molar-refractivity contribution is 6.28. The normalized spacial score (nSPS) is 11.4. The van der Waals surface area contributed by atoms with Gasteiger partial charge in [0.05, 0.1) is 34.1 Å². The van der Waals surface area contributed by atoms with Gasteiger partial charge >= 0.3 is 0 Å². The topological polar surface area (TPSA) is 6.48 Å². The molecule has 0 bridgehead atoms. The van der Waals surface area contributed by atoms with Crippen molar-refractivity contribution in [3.05, 3.63) is 315 Å². The smallest absolute Gasteiger partial charge is 0.148 e. The van der Waals surface area contributed by atoms with Gasteiger partial charge in [-0.1, -0.05) is 255 Å². The molecule has 14 rings (SSSR count). The number of rotatable bonds is 12. The summed E-state index contributed by atoms with van der Waals surface area (Å²) in [4.78, 5) is 4.28. The molecule has 14 aromatic carbocycles. The van der Waals surface area contributed by atoms with Gasteiger partial charge in [-0.25, -0.2) is 8.78 Å². The van der Waals surface area contributed by atoms with E-state index in [1.165, 1.54) is 0 Å². The summed E-state index contributed by atoms with van der Waals surface area (Å²) in [6.07, 6.45) is 0. The molecule has 4 heteroatoms. The summed E-state index contributed by atoms with van der Waals surface area (Å²) in [5.41, 5.74) is 14.7. The monoisotopic (exact) mass is 1030 g/mol. The number of para-hydroxylation sites is 2. The largest absolute Gasteiger partial charge is 0.306 e. The third-order valence-electron chi connectivity index (χ3n) is 15.5. The lowest BCUT2D eigenvalue weighted by atomic mass is 9.90. The summed E-state index contributed by atoms with van der Waals surface area (Å²) < 4.78 is 36.6. The summed E-state index contributed by atoms with van der Waals surface area (Å²) in [6, 6.07) is 103. The van der Waals surface area contributed by atoms with Gasteiger partial charge in [-0.2, -0.15) is 0 Å². The predicted octanol–water partition coefficient (Wildman–Crippen LogP) is 21.8. The number of anilines is 6.